The van der Waals surface area contributed by atoms with E-state index in [1.165, 1.54) is 6.07 Å². The van der Waals surface area contributed by atoms with Crippen LogP contribution in [0.2, 0.25) is 0 Å². The van der Waals surface area contributed by atoms with Crippen LogP contribution >= 0.6 is 0 Å². The minimum atomic E-state index is -0.176. The molecule has 0 saturated heterocycles. The third kappa shape index (κ3) is 2.70. The first-order valence-electron chi connectivity index (χ1n) is 5.32. The number of anilines is 2. The maximum atomic E-state index is 11.3. The van der Waals surface area contributed by atoms with Gasteiger partial charge in [0.2, 0.25) is 0 Å². The molecule has 1 aromatic carbocycles. The van der Waals surface area contributed by atoms with E-state index in [-0.39, 0.29) is 5.56 Å². The topological polar surface area (TPSA) is 83.8 Å². The summed E-state index contributed by atoms with van der Waals surface area (Å²) in [5, 5.41) is 3.09. The van der Waals surface area contributed by atoms with E-state index >= 15 is 0 Å². The Bertz CT molecular complexity index is 577. The molecule has 0 fully saturated rings. The molecule has 2 aromatic rings. The van der Waals surface area contributed by atoms with Crippen molar-refractivity contribution >= 4 is 11.5 Å². The summed E-state index contributed by atoms with van der Waals surface area (Å²) in [7, 11) is 0. The molecule has 0 spiro atoms. The van der Waals surface area contributed by atoms with Crippen molar-refractivity contribution in [2.24, 2.45) is 5.73 Å². The van der Waals surface area contributed by atoms with Gasteiger partial charge in [0.15, 0.2) is 0 Å². The number of aromatic nitrogens is 2. The van der Waals surface area contributed by atoms with Gasteiger partial charge in [-0.15, -0.1) is 0 Å². The predicted octanol–water partition coefficient (Wildman–Crippen LogP) is 1.28. The number of aromatic amines is 1. The van der Waals surface area contributed by atoms with Crippen molar-refractivity contribution in [3.63, 3.8) is 0 Å². The van der Waals surface area contributed by atoms with Crippen molar-refractivity contribution in [1.29, 1.82) is 0 Å². The Morgan fingerprint density at radius 2 is 2.18 bits per heavy atom. The van der Waals surface area contributed by atoms with Crippen LogP contribution in [0.5, 0.6) is 0 Å². The summed E-state index contributed by atoms with van der Waals surface area (Å²) in [6, 6.07) is 9.08. The largest absolute Gasteiger partial charge is 0.340 e. The number of aryl methyl sites for hydroxylation is 1. The number of nitrogens with two attached hydrogens (primary N) is 1. The first kappa shape index (κ1) is 11.3. The SMILES string of the molecule is Cc1nc(Nc2ccccc2CN)cc(=O)[nH]1. The van der Waals surface area contributed by atoms with Gasteiger partial charge in [0.05, 0.1) is 0 Å². The third-order valence-electron chi connectivity index (χ3n) is 2.36. The maximum Gasteiger partial charge on any atom is 0.252 e. The Labute approximate surface area is 98.7 Å². The summed E-state index contributed by atoms with van der Waals surface area (Å²) in [5.74, 6) is 1.09. The monoisotopic (exact) mass is 230 g/mol. The van der Waals surface area contributed by atoms with Crippen LogP contribution in [-0.4, -0.2) is 9.97 Å². The molecule has 2 rings (SSSR count). The van der Waals surface area contributed by atoms with Gasteiger partial charge in [-0.3, -0.25) is 4.79 Å². The molecule has 0 atom stereocenters. The molecule has 5 nitrogen and oxygen atoms in total. The number of nitrogens with zero attached hydrogens (tertiary/aromatic N) is 1. The fraction of sp³-hybridized carbons (Fsp3) is 0.167. The molecule has 0 radical (unpaired) electrons. The van der Waals surface area contributed by atoms with E-state index in [0.717, 1.165) is 11.3 Å². The van der Waals surface area contributed by atoms with Crippen molar-refractivity contribution in [2.75, 3.05) is 5.32 Å². The molecular formula is C12H14N4O. The molecule has 0 aliphatic heterocycles. The lowest BCUT2D eigenvalue weighted by molar-refractivity contribution is 1.02. The van der Waals surface area contributed by atoms with E-state index in [1.54, 1.807) is 6.92 Å². The van der Waals surface area contributed by atoms with Crippen LogP contribution in [0, 0.1) is 6.92 Å². The minimum absolute atomic E-state index is 0.176. The Morgan fingerprint density at radius 1 is 1.41 bits per heavy atom. The van der Waals surface area contributed by atoms with Crippen LogP contribution in [0.25, 0.3) is 0 Å². The number of para-hydroxylation sites is 1. The van der Waals surface area contributed by atoms with E-state index in [0.29, 0.717) is 18.2 Å². The standard InChI is InChI=1S/C12H14N4O/c1-8-14-11(6-12(17)15-8)16-10-5-3-2-4-9(10)7-13/h2-6H,7,13H2,1H3,(H2,14,15,16,17). The van der Waals surface area contributed by atoms with Gasteiger partial charge in [-0.2, -0.15) is 0 Å². The van der Waals surface area contributed by atoms with E-state index in [2.05, 4.69) is 15.3 Å². The molecule has 0 aliphatic rings. The second-order valence-electron chi connectivity index (χ2n) is 3.70. The quantitative estimate of drug-likeness (QED) is 0.741. The second-order valence-corrected chi connectivity index (χ2v) is 3.70. The molecule has 0 unspecified atom stereocenters. The Kier molecular flexibility index (Phi) is 3.20. The van der Waals surface area contributed by atoms with Crippen LogP contribution < -0.4 is 16.6 Å². The second kappa shape index (κ2) is 4.80. The highest BCUT2D eigenvalue weighted by atomic mass is 16.1. The van der Waals surface area contributed by atoms with Gasteiger partial charge in [0.1, 0.15) is 11.6 Å². The summed E-state index contributed by atoms with van der Waals surface area (Å²) >= 11 is 0. The van der Waals surface area contributed by atoms with Gasteiger partial charge in [-0.05, 0) is 18.6 Å². The summed E-state index contributed by atoms with van der Waals surface area (Å²) in [5.41, 5.74) is 7.31. The van der Waals surface area contributed by atoms with Crippen LogP contribution in [-0.2, 0) is 6.54 Å². The van der Waals surface area contributed by atoms with Crippen LogP contribution in [0.4, 0.5) is 11.5 Å². The molecule has 0 bridgehead atoms. The van der Waals surface area contributed by atoms with Crippen LogP contribution in [0.1, 0.15) is 11.4 Å². The lowest BCUT2D eigenvalue weighted by atomic mass is 10.2. The zero-order chi connectivity index (χ0) is 12.3. The highest BCUT2D eigenvalue weighted by Gasteiger charge is 2.02. The summed E-state index contributed by atoms with van der Waals surface area (Å²) in [6.07, 6.45) is 0. The van der Waals surface area contributed by atoms with Gasteiger partial charge in [-0.25, -0.2) is 4.98 Å². The van der Waals surface area contributed by atoms with Crippen molar-refractivity contribution in [3.8, 4) is 0 Å². The predicted molar refractivity (Wildman–Crippen MR) is 67.2 cm³/mol. The number of rotatable bonds is 3. The Hall–Kier alpha value is -2.14. The van der Waals surface area contributed by atoms with E-state index in [4.69, 9.17) is 5.73 Å². The molecule has 0 aliphatic carbocycles. The third-order valence-corrected chi connectivity index (χ3v) is 2.36. The fourth-order valence-corrected chi connectivity index (χ4v) is 1.60. The van der Waals surface area contributed by atoms with Gasteiger partial charge < -0.3 is 16.0 Å². The Balaban J connectivity index is 2.34. The average molecular weight is 230 g/mol. The summed E-state index contributed by atoms with van der Waals surface area (Å²) < 4.78 is 0. The maximum absolute atomic E-state index is 11.3. The smallest absolute Gasteiger partial charge is 0.252 e. The molecule has 88 valence electrons. The van der Waals surface area contributed by atoms with E-state index < -0.39 is 0 Å². The van der Waals surface area contributed by atoms with Crippen molar-refractivity contribution in [3.05, 3.63) is 52.1 Å². The van der Waals surface area contributed by atoms with Gasteiger partial charge in [0.25, 0.3) is 5.56 Å². The first-order valence-corrected chi connectivity index (χ1v) is 5.32. The van der Waals surface area contributed by atoms with Crippen molar-refractivity contribution in [1.82, 2.24) is 9.97 Å². The van der Waals surface area contributed by atoms with Crippen molar-refractivity contribution < 1.29 is 0 Å². The van der Waals surface area contributed by atoms with Gasteiger partial charge >= 0.3 is 0 Å². The van der Waals surface area contributed by atoms with E-state index in [1.807, 2.05) is 24.3 Å². The molecule has 0 amide bonds. The molecule has 4 N–H and O–H groups in total. The normalized spacial score (nSPS) is 10.2. The zero-order valence-electron chi connectivity index (χ0n) is 9.53. The number of nitrogens with one attached hydrogen (secondary N) is 2. The average Bonchev–Trinajstić information content (AvgIpc) is 2.28. The number of hydrogen-bond acceptors (Lipinski definition) is 4. The highest BCUT2D eigenvalue weighted by molar-refractivity contribution is 5.60. The molecule has 0 saturated carbocycles. The molecule has 5 heteroatoms. The number of H-pyrrole nitrogens is 1. The highest BCUT2D eigenvalue weighted by Crippen LogP contribution is 2.18. The lowest BCUT2D eigenvalue weighted by Crippen LogP contribution is -2.11. The summed E-state index contributed by atoms with van der Waals surface area (Å²) in [4.78, 5) is 18.1. The van der Waals surface area contributed by atoms with Gasteiger partial charge in [-0.1, -0.05) is 18.2 Å². The van der Waals surface area contributed by atoms with Gasteiger partial charge in [0, 0.05) is 18.3 Å². The van der Waals surface area contributed by atoms with Crippen molar-refractivity contribution in [2.45, 2.75) is 13.5 Å². The van der Waals surface area contributed by atoms with Crippen LogP contribution in [0.3, 0.4) is 0 Å². The molecule has 1 aromatic heterocycles. The molecule has 1 heterocycles. The molecular weight excluding hydrogens is 216 g/mol. The fourth-order valence-electron chi connectivity index (χ4n) is 1.60. The number of hydrogen-bond donors (Lipinski definition) is 3. The number of benzene rings is 1. The zero-order valence-corrected chi connectivity index (χ0v) is 9.53. The molecule has 17 heavy (non-hydrogen) atoms. The van der Waals surface area contributed by atoms with E-state index in [9.17, 15) is 4.79 Å². The minimum Gasteiger partial charge on any atom is -0.340 e. The lowest BCUT2D eigenvalue weighted by Gasteiger charge is -2.09. The van der Waals surface area contributed by atoms with Crippen LogP contribution in [0.15, 0.2) is 35.1 Å². The summed E-state index contributed by atoms with van der Waals surface area (Å²) in [6.45, 7) is 2.17. The first-order chi connectivity index (χ1) is 8.19. The Morgan fingerprint density at radius 3 is 2.88 bits per heavy atom.